The van der Waals surface area contributed by atoms with Crippen LogP contribution in [0.5, 0.6) is 0 Å². The van der Waals surface area contributed by atoms with Crippen LogP contribution in [-0.4, -0.2) is 35.9 Å². The molecule has 3 rings (SSSR count). The van der Waals surface area contributed by atoms with Crippen LogP contribution in [0.25, 0.3) is 5.82 Å². The van der Waals surface area contributed by atoms with E-state index < -0.39 is 0 Å². The molecule has 3 aromatic heterocycles. The number of carbonyl (C=O) groups excluding carboxylic acids is 1. The van der Waals surface area contributed by atoms with Crippen molar-refractivity contribution in [3.05, 3.63) is 48.4 Å². The lowest BCUT2D eigenvalue weighted by atomic mass is 10.3. The number of hydrogen-bond acceptors (Lipinski definition) is 5. The molecule has 0 aliphatic rings. The minimum absolute atomic E-state index is 0.222. The van der Waals surface area contributed by atoms with Crippen LogP contribution in [0.3, 0.4) is 0 Å². The Bertz CT molecular complexity index is 715. The summed E-state index contributed by atoms with van der Waals surface area (Å²) in [6, 6.07) is 3.56. The summed E-state index contributed by atoms with van der Waals surface area (Å²) in [4.78, 5) is 20.2. The van der Waals surface area contributed by atoms with Gasteiger partial charge in [-0.05, 0) is 19.1 Å². The quantitative estimate of drug-likeness (QED) is 0.737. The first-order chi connectivity index (χ1) is 9.74. The maximum atomic E-state index is 11.8. The summed E-state index contributed by atoms with van der Waals surface area (Å²) in [5.74, 6) is 1.24. The summed E-state index contributed by atoms with van der Waals surface area (Å²) >= 11 is 0. The Morgan fingerprint density at radius 2 is 2.20 bits per heavy atom. The van der Waals surface area contributed by atoms with E-state index >= 15 is 0 Å². The van der Waals surface area contributed by atoms with Gasteiger partial charge in [0.25, 0.3) is 5.91 Å². The fourth-order valence-electron chi connectivity index (χ4n) is 1.73. The van der Waals surface area contributed by atoms with Gasteiger partial charge in [-0.3, -0.25) is 9.36 Å². The topological polar surface area (TPSA) is 101 Å². The molecule has 20 heavy (non-hydrogen) atoms. The highest BCUT2D eigenvalue weighted by molar-refractivity contribution is 6.02. The summed E-state index contributed by atoms with van der Waals surface area (Å²) in [7, 11) is 0. The third-order valence-corrected chi connectivity index (χ3v) is 2.73. The van der Waals surface area contributed by atoms with Crippen molar-refractivity contribution in [2.45, 2.75) is 6.92 Å². The van der Waals surface area contributed by atoms with Crippen molar-refractivity contribution in [1.29, 1.82) is 0 Å². The predicted molar refractivity (Wildman–Crippen MR) is 70.4 cm³/mol. The third-order valence-electron chi connectivity index (χ3n) is 2.73. The van der Waals surface area contributed by atoms with Crippen LogP contribution in [0.4, 0.5) is 5.69 Å². The first-order valence-corrected chi connectivity index (χ1v) is 5.87. The van der Waals surface area contributed by atoms with Gasteiger partial charge >= 0.3 is 0 Å². The summed E-state index contributed by atoms with van der Waals surface area (Å²) in [5, 5.41) is 12.3. The fraction of sp³-hybridized carbons (Fsp3) is 0.0833. The number of aryl methyl sites for hydroxylation is 1. The van der Waals surface area contributed by atoms with Crippen LogP contribution < -0.4 is 5.32 Å². The summed E-state index contributed by atoms with van der Waals surface area (Å²) in [6.07, 6.45) is 6.46. The molecule has 1 amide bonds. The Morgan fingerprint density at radius 3 is 2.80 bits per heavy atom. The van der Waals surface area contributed by atoms with Gasteiger partial charge in [0.05, 0.1) is 18.1 Å². The van der Waals surface area contributed by atoms with Crippen molar-refractivity contribution >= 4 is 11.6 Å². The van der Waals surface area contributed by atoms with Crippen molar-refractivity contribution in [1.82, 2.24) is 29.9 Å². The average Bonchev–Trinajstić information content (AvgIpc) is 3.11. The third kappa shape index (κ3) is 2.26. The Balaban J connectivity index is 1.77. The zero-order chi connectivity index (χ0) is 13.9. The highest BCUT2D eigenvalue weighted by atomic mass is 16.2. The van der Waals surface area contributed by atoms with E-state index in [4.69, 9.17) is 0 Å². The van der Waals surface area contributed by atoms with Gasteiger partial charge in [0, 0.05) is 12.4 Å². The van der Waals surface area contributed by atoms with E-state index in [1.165, 1.54) is 6.20 Å². The zero-order valence-electron chi connectivity index (χ0n) is 10.6. The standard InChI is InChI=1S/C12H11N7O/c1-8-13-4-5-19(8)11-3-2-9(6-14-11)16-12(20)10-7-15-18-17-10/h2-7H,1H3,(H,16,20)(H,15,17,18). The van der Waals surface area contributed by atoms with E-state index in [-0.39, 0.29) is 11.6 Å². The molecule has 0 saturated carbocycles. The minimum Gasteiger partial charge on any atom is -0.319 e. The number of pyridine rings is 1. The molecule has 100 valence electrons. The molecule has 2 N–H and O–H groups in total. The number of hydrogen-bond donors (Lipinski definition) is 2. The van der Waals surface area contributed by atoms with Crippen molar-refractivity contribution in [2.24, 2.45) is 0 Å². The van der Waals surface area contributed by atoms with E-state index in [0.29, 0.717) is 5.69 Å². The predicted octanol–water partition coefficient (Wildman–Crippen LogP) is 0.946. The number of aromatic amines is 1. The number of carbonyl (C=O) groups is 1. The van der Waals surface area contributed by atoms with Crippen molar-refractivity contribution < 1.29 is 4.79 Å². The molecule has 0 spiro atoms. The Morgan fingerprint density at radius 1 is 1.30 bits per heavy atom. The lowest BCUT2D eigenvalue weighted by Crippen LogP contribution is -2.12. The van der Waals surface area contributed by atoms with Crippen LogP contribution in [0.2, 0.25) is 0 Å². The van der Waals surface area contributed by atoms with Crippen LogP contribution in [-0.2, 0) is 0 Å². The Hall–Kier alpha value is -3.03. The molecule has 0 saturated heterocycles. The van der Waals surface area contributed by atoms with Gasteiger partial charge in [0.1, 0.15) is 11.6 Å². The van der Waals surface area contributed by atoms with Crippen LogP contribution >= 0.6 is 0 Å². The maximum Gasteiger partial charge on any atom is 0.277 e. The second-order valence-electron chi connectivity index (χ2n) is 4.06. The fourth-order valence-corrected chi connectivity index (χ4v) is 1.73. The Kier molecular flexibility index (Phi) is 2.96. The number of anilines is 1. The number of H-pyrrole nitrogens is 1. The van der Waals surface area contributed by atoms with Gasteiger partial charge in [-0.1, -0.05) is 0 Å². The largest absolute Gasteiger partial charge is 0.319 e. The number of nitrogens with zero attached hydrogens (tertiary/aromatic N) is 5. The highest BCUT2D eigenvalue weighted by Crippen LogP contribution is 2.12. The molecule has 0 bridgehead atoms. The molecule has 0 aliphatic heterocycles. The molecular formula is C12H11N7O. The van der Waals surface area contributed by atoms with Gasteiger partial charge in [0.2, 0.25) is 0 Å². The van der Waals surface area contributed by atoms with Crippen LogP contribution in [0.15, 0.2) is 36.9 Å². The zero-order valence-corrected chi connectivity index (χ0v) is 10.6. The van der Waals surface area contributed by atoms with Crippen LogP contribution in [0, 0.1) is 6.92 Å². The van der Waals surface area contributed by atoms with Gasteiger partial charge in [-0.15, -0.1) is 0 Å². The number of aromatic nitrogens is 6. The number of amides is 1. The molecule has 0 fully saturated rings. The average molecular weight is 269 g/mol. The van der Waals surface area contributed by atoms with E-state index in [2.05, 4.69) is 30.7 Å². The van der Waals surface area contributed by atoms with E-state index in [9.17, 15) is 4.79 Å². The minimum atomic E-state index is -0.341. The molecule has 3 aromatic rings. The van der Waals surface area contributed by atoms with E-state index in [0.717, 1.165) is 11.6 Å². The smallest absolute Gasteiger partial charge is 0.277 e. The second-order valence-corrected chi connectivity index (χ2v) is 4.06. The van der Waals surface area contributed by atoms with Crippen LogP contribution in [0.1, 0.15) is 16.3 Å². The maximum absolute atomic E-state index is 11.8. The summed E-state index contributed by atoms with van der Waals surface area (Å²) in [5.41, 5.74) is 0.805. The number of rotatable bonds is 3. The molecule has 0 aliphatic carbocycles. The first kappa shape index (κ1) is 12.0. The summed E-state index contributed by atoms with van der Waals surface area (Å²) in [6.45, 7) is 1.89. The monoisotopic (exact) mass is 269 g/mol. The van der Waals surface area contributed by atoms with E-state index in [1.54, 1.807) is 24.5 Å². The van der Waals surface area contributed by atoms with E-state index in [1.807, 2.05) is 17.7 Å². The highest BCUT2D eigenvalue weighted by Gasteiger charge is 2.09. The van der Waals surface area contributed by atoms with Gasteiger partial charge in [-0.25, -0.2) is 9.97 Å². The SMILES string of the molecule is Cc1nccn1-c1ccc(NC(=O)c2cn[nH]n2)cn1. The van der Waals surface area contributed by atoms with Crippen molar-refractivity contribution in [2.75, 3.05) is 5.32 Å². The molecule has 0 unspecified atom stereocenters. The molecule has 3 heterocycles. The molecule has 8 nitrogen and oxygen atoms in total. The molecular weight excluding hydrogens is 258 g/mol. The molecule has 0 aromatic carbocycles. The lowest BCUT2D eigenvalue weighted by molar-refractivity contribution is 0.102. The number of nitrogens with one attached hydrogen (secondary N) is 2. The Labute approximate surface area is 113 Å². The summed E-state index contributed by atoms with van der Waals surface area (Å²) < 4.78 is 1.85. The van der Waals surface area contributed by atoms with Crippen molar-refractivity contribution in [3.63, 3.8) is 0 Å². The lowest BCUT2D eigenvalue weighted by Gasteiger charge is -2.06. The molecule has 0 radical (unpaired) electrons. The molecule has 8 heteroatoms. The van der Waals surface area contributed by atoms with Crippen molar-refractivity contribution in [3.8, 4) is 5.82 Å². The van der Waals surface area contributed by atoms with Gasteiger partial charge in [0.15, 0.2) is 5.69 Å². The number of imidazole rings is 1. The second kappa shape index (κ2) is 4.92. The van der Waals surface area contributed by atoms with Gasteiger partial charge < -0.3 is 5.32 Å². The molecule has 0 atom stereocenters. The normalized spacial score (nSPS) is 10.4. The van der Waals surface area contributed by atoms with Gasteiger partial charge in [-0.2, -0.15) is 15.4 Å². The first-order valence-electron chi connectivity index (χ1n) is 5.87.